The molecule has 9 heteroatoms. The van der Waals surface area contributed by atoms with Crippen molar-refractivity contribution >= 4 is 34.8 Å². The highest BCUT2D eigenvalue weighted by Crippen LogP contribution is 2.34. The van der Waals surface area contributed by atoms with E-state index in [1.165, 1.54) is 30.0 Å². The topological polar surface area (TPSA) is 67.9 Å². The Morgan fingerprint density at radius 2 is 2.04 bits per heavy atom. The number of amides is 2. The van der Waals surface area contributed by atoms with E-state index in [0.29, 0.717) is 11.4 Å². The van der Waals surface area contributed by atoms with E-state index >= 15 is 0 Å². The summed E-state index contributed by atoms with van der Waals surface area (Å²) in [6.45, 7) is -1.56. The monoisotopic (exact) mass is 396 g/mol. The summed E-state index contributed by atoms with van der Waals surface area (Å²) in [5.41, 5.74) is 0.869. The van der Waals surface area contributed by atoms with Crippen LogP contribution in [0.4, 0.5) is 20.2 Å². The molecule has 0 aromatic heterocycles. The van der Waals surface area contributed by atoms with Gasteiger partial charge in [0.2, 0.25) is 5.91 Å². The fourth-order valence-electron chi connectivity index (χ4n) is 2.66. The molecule has 0 unspecified atom stereocenters. The number of nitrogens with one attached hydrogen (secondary N) is 1. The molecule has 6 nitrogen and oxygen atoms in total. The van der Waals surface area contributed by atoms with Crippen LogP contribution in [-0.4, -0.2) is 31.1 Å². The van der Waals surface area contributed by atoms with Crippen LogP contribution in [-0.2, 0) is 9.59 Å². The van der Waals surface area contributed by atoms with Crippen LogP contribution in [0.1, 0.15) is 6.92 Å². The molecular weight excluding hydrogens is 382 g/mol. The number of carbonyl (C=O) groups is 2. The highest BCUT2D eigenvalue weighted by Gasteiger charge is 2.32. The fourth-order valence-corrected chi connectivity index (χ4v) is 2.89. The molecule has 3 rings (SSSR count). The molecule has 2 aromatic carbocycles. The molecule has 1 heterocycles. The van der Waals surface area contributed by atoms with Gasteiger partial charge in [0.15, 0.2) is 6.10 Å². The summed E-state index contributed by atoms with van der Waals surface area (Å²) in [6, 6.07) is 10.8. The Morgan fingerprint density at radius 1 is 1.30 bits per heavy atom. The second-order valence-corrected chi connectivity index (χ2v) is 6.12. The van der Waals surface area contributed by atoms with E-state index in [1.807, 2.05) is 0 Å². The quantitative estimate of drug-likeness (QED) is 0.855. The van der Waals surface area contributed by atoms with E-state index in [0.717, 1.165) is 0 Å². The molecule has 1 aliphatic heterocycles. The van der Waals surface area contributed by atoms with Crippen molar-refractivity contribution in [3.8, 4) is 11.5 Å². The second-order valence-electron chi connectivity index (χ2n) is 5.72. The zero-order valence-corrected chi connectivity index (χ0v) is 14.9. The SMILES string of the molecule is CC(=O)N1C[C@@H](C(=O)Nc2ccc(OC(F)F)c(Cl)c2)Oc2ccccc21. The summed E-state index contributed by atoms with van der Waals surface area (Å²) in [5, 5.41) is 2.52. The van der Waals surface area contributed by atoms with Gasteiger partial charge in [-0.1, -0.05) is 23.7 Å². The molecule has 1 atom stereocenters. The Balaban J connectivity index is 1.75. The molecule has 0 aliphatic carbocycles. The number of anilines is 2. The molecule has 2 amide bonds. The van der Waals surface area contributed by atoms with Crippen molar-refractivity contribution in [1.82, 2.24) is 0 Å². The van der Waals surface area contributed by atoms with Crippen molar-refractivity contribution in [2.75, 3.05) is 16.8 Å². The molecule has 142 valence electrons. The normalized spacial score (nSPS) is 15.7. The maximum absolute atomic E-state index is 12.6. The van der Waals surface area contributed by atoms with E-state index in [9.17, 15) is 18.4 Å². The number of hydrogen-bond donors (Lipinski definition) is 1. The molecule has 2 aromatic rings. The van der Waals surface area contributed by atoms with Gasteiger partial charge in [-0.05, 0) is 30.3 Å². The van der Waals surface area contributed by atoms with Crippen molar-refractivity contribution < 1.29 is 27.8 Å². The van der Waals surface area contributed by atoms with Gasteiger partial charge in [0.1, 0.15) is 11.5 Å². The average Bonchev–Trinajstić information content (AvgIpc) is 2.62. The first-order valence-corrected chi connectivity index (χ1v) is 8.32. The zero-order chi connectivity index (χ0) is 19.6. The highest BCUT2D eigenvalue weighted by molar-refractivity contribution is 6.32. The number of benzene rings is 2. The van der Waals surface area contributed by atoms with Gasteiger partial charge in [-0.15, -0.1) is 0 Å². The third-order valence-corrected chi connectivity index (χ3v) is 4.16. The van der Waals surface area contributed by atoms with E-state index in [4.69, 9.17) is 16.3 Å². The minimum atomic E-state index is -3.00. The smallest absolute Gasteiger partial charge is 0.387 e. The Morgan fingerprint density at radius 3 is 2.70 bits per heavy atom. The predicted molar refractivity (Wildman–Crippen MR) is 95.6 cm³/mol. The lowest BCUT2D eigenvalue weighted by Crippen LogP contribution is -2.48. The Bertz CT molecular complexity index is 878. The first kappa shape index (κ1) is 18.9. The third kappa shape index (κ3) is 4.28. The molecule has 0 radical (unpaired) electrons. The van der Waals surface area contributed by atoms with Gasteiger partial charge in [0, 0.05) is 12.6 Å². The molecule has 0 bridgehead atoms. The number of carbonyl (C=O) groups excluding carboxylic acids is 2. The maximum Gasteiger partial charge on any atom is 0.387 e. The van der Waals surface area contributed by atoms with Crippen LogP contribution in [0, 0.1) is 0 Å². The average molecular weight is 397 g/mol. The first-order valence-electron chi connectivity index (χ1n) is 7.94. The molecule has 1 N–H and O–H groups in total. The van der Waals surface area contributed by atoms with E-state index in [2.05, 4.69) is 10.1 Å². The van der Waals surface area contributed by atoms with Crippen molar-refractivity contribution in [1.29, 1.82) is 0 Å². The highest BCUT2D eigenvalue weighted by atomic mass is 35.5. The number of para-hydroxylation sites is 2. The summed E-state index contributed by atoms with van der Waals surface area (Å²) < 4.78 is 34.5. The maximum atomic E-state index is 12.6. The number of alkyl halides is 2. The molecule has 0 saturated carbocycles. The van der Waals surface area contributed by atoms with Gasteiger partial charge in [-0.25, -0.2) is 0 Å². The van der Waals surface area contributed by atoms with Gasteiger partial charge < -0.3 is 19.7 Å². The van der Waals surface area contributed by atoms with Crippen LogP contribution in [0.3, 0.4) is 0 Å². The van der Waals surface area contributed by atoms with Crippen LogP contribution in [0.15, 0.2) is 42.5 Å². The van der Waals surface area contributed by atoms with Crippen molar-refractivity contribution in [2.24, 2.45) is 0 Å². The largest absolute Gasteiger partial charge is 0.476 e. The molecule has 0 fully saturated rings. The fraction of sp³-hybridized carbons (Fsp3) is 0.222. The van der Waals surface area contributed by atoms with Gasteiger partial charge in [-0.2, -0.15) is 8.78 Å². The molecule has 0 spiro atoms. The van der Waals surface area contributed by atoms with E-state index < -0.39 is 18.6 Å². The van der Waals surface area contributed by atoms with E-state index in [1.54, 1.807) is 24.3 Å². The number of rotatable bonds is 4. The minimum Gasteiger partial charge on any atom is -0.476 e. The summed E-state index contributed by atoms with van der Waals surface area (Å²) in [7, 11) is 0. The van der Waals surface area contributed by atoms with Gasteiger partial charge >= 0.3 is 6.61 Å². The predicted octanol–water partition coefficient (Wildman–Crippen LogP) is 3.69. The summed E-state index contributed by atoms with van der Waals surface area (Å²) in [5.74, 6) is -0.512. The van der Waals surface area contributed by atoms with Crippen molar-refractivity contribution in [3.63, 3.8) is 0 Å². The lowest BCUT2D eigenvalue weighted by atomic mass is 10.1. The van der Waals surface area contributed by atoms with E-state index in [-0.39, 0.29) is 28.9 Å². The molecular formula is C18H15ClF2N2O4. The third-order valence-electron chi connectivity index (χ3n) is 3.86. The molecule has 27 heavy (non-hydrogen) atoms. The Hall–Kier alpha value is -2.87. The number of fused-ring (bicyclic) bond motifs is 1. The minimum absolute atomic E-state index is 0.0402. The summed E-state index contributed by atoms with van der Waals surface area (Å²) >= 11 is 5.88. The van der Waals surface area contributed by atoms with Crippen molar-refractivity contribution in [3.05, 3.63) is 47.5 Å². The molecule has 1 aliphatic rings. The van der Waals surface area contributed by atoms with Crippen LogP contribution in [0.2, 0.25) is 5.02 Å². The summed E-state index contributed by atoms with van der Waals surface area (Å²) in [6.07, 6.45) is -0.945. The number of halogens is 3. The van der Waals surface area contributed by atoms with Gasteiger partial charge in [0.05, 0.1) is 17.3 Å². The molecule has 0 saturated heterocycles. The summed E-state index contributed by atoms with van der Waals surface area (Å²) in [4.78, 5) is 25.9. The number of nitrogens with zero attached hydrogens (tertiary/aromatic N) is 1. The zero-order valence-electron chi connectivity index (χ0n) is 14.1. The Kier molecular flexibility index (Phi) is 5.46. The Labute approximate surface area is 158 Å². The first-order chi connectivity index (χ1) is 12.8. The van der Waals surface area contributed by atoms with Crippen LogP contribution >= 0.6 is 11.6 Å². The lowest BCUT2D eigenvalue weighted by molar-refractivity contribution is -0.123. The van der Waals surface area contributed by atoms with Crippen LogP contribution in [0.25, 0.3) is 0 Å². The van der Waals surface area contributed by atoms with Crippen molar-refractivity contribution in [2.45, 2.75) is 19.6 Å². The van der Waals surface area contributed by atoms with Crippen LogP contribution in [0.5, 0.6) is 11.5 Å². The standard InChI is InChI=1S/C18H15ClF2N2O4/c1-10(24)23-9-16(26-15-5-3-2-4-13(15)23)17(25)22-11-6-7-14(12(19)8-11)27-18(20)21/h2-8,16,18H,9H2,1H3,(H,22,25)/t16-/m0/s1. The van der Waals surface area contributed by atoms with Gasteiger partial charge in [0.25, 0.3) is 5.91 Å². The lowest BCUT2D eigenvalue weighted by Gasteiger charge is -2.33. The second kappa shape index (κ2) is 7.79. The number of hydrogen-bond acceptors (Lipinski definition) is 4. The van der Waals surface area contributed by atoms with Crippen LogP contribution < -0.4 is 19.7 Å². The van der Waals surface area contributed by atoms with Gasteiger partial charge in [-0.3, -0.25) is 9.59 Å². The number of ether oxygens (including phenoxy) is 2.